The number of carbonyl (C=O) groups excluding carboxylic acids is 1. The van der Waals surface area contributed by atoms with Gasteiger partial charge in [-0.2, -0.15) is 0 Å². The molecule has 0 spiro atoms. The Morgan fingerprint density at radius 1 is 1.28 bits per heavy atom. The van der Waals surface area contributed by atoms with E-state index in [1.807, 2.05) is 17.0 Å². The molecule has 3 aliphatic rings. The predicted octanol–water partition coefficient (Wildman–Crippen LogP) is 2.30. The number of nitrogens with zero attached hydrogens (tertiary/aromatic N) is 2. The molecule has 0 unspecified atom stereocenters. The Labute approximate surface area is 149 Å². The molecule has 0 aliphatic carbocycles. The van der Waals surface area contributed by atoms with Crippen molar-refractivity contribution in [2.75, 3.05) is 33.3 Å². The Bertz CT molecular complexity index is 615. The SMILES string of the molecule is COc1cccc(CN2CC[C@@H]3C[C@H](C(=O)N4CCCC4)O[C@H]3C2)c1. The van der Waals surface area contributed by atoms with Crippen LogP contribution in [0.1, 0.15) is 31.2 Å². The lowest BCUT2D eigenvalue weighted by Gasteiger charge is -2.34. The Hall–Kier alpha value is -1.59. The molecule has 0 radical (unpaired) electrons. The summed E-state index contributed by atoms with van der Waals surface area (Å²) >= 11 is 0. The van der Waals surface area contributed by atoms with Crippen molar-refractivity contribution < 1.29 is 14.3 Å². The molecule has 0 saturated carbocycles. The van der Waals surface area contributed by atoms with Crippen molar-refractivity contribution in [3.8, 4) is 5.75 Å². The van der Waals surface area contributed by atoms with Gasteiger partial charge in [-0.25, -0.2) is 0 Å². The van der Waals surface area contributed by atoms with Gasteiger partial charge < -0.3 is 14.4 Å². The molecule has 3 aliphatic heterocycles. The van der Waals surface area contributed by atoms with E-state index in [1.54, 1.807) is 7.11 Å². The average Bonchev–Trinajstić information content (AvgIpc) is 3.30. The summed E-state index contributed by atoms with van der Waals surface area (Å²) in [6.07, 6.45) is 4.31. The topological polar surface area (TPSA) is 42.0 Å². The van der Waals surface area contributed by atoms with Gasteiger partial charge in [-0.3, -0.25) is 9.69 Å². The van der Waals surface area contributed by atoms with Crippen molar-refractivity contribution in [3.63, 3.8) is 0 Å². The third kappa shape index (κ3) is 3.67. The zero-order chi connectivity index (χ0) is 17.2. The van der Waals surface area contributed by atoms with Gasteiger partial charge in [0.2, 0.25) is 0 Å². The molecule has 3 fully saturated rings. The first-order chi connectivity index (χ1) is 12.2. The van der Waals surface area contributed by atoms with Crippen LogP contribution in [0.4, 0.5) is 0 Å². The van der Waals surface area contributed by atoms with Crippen molar-refractivity contribution >= 4 is 5.91 Å². The van der Waals surface area contributed by atoms with Gasteiger partial charge in [0.1, 0.15) is 11.9 Å². The van der Waals surface area contributed by atoms with Crippen LogP contribution in [0, 0.1) is 5.92 Å². The lowest BCUT2D eigenvalue weighted by Crippen LogP contribution is -2.42. The predicted molar refractivity (Wildman–Crippen MR) is 95.5 cm³/mol. The second-order valence-corrected chi connectivity index (χ2v) is 7.57. The normalized spacial score (nSPS) is 29.6. The van der Waals surface area contributed by atoms with E-state index in [2.05, 4.69) is 17.0 Å². The zero-order valence-corrected chi connectivity index (χ0v) is 15.0. The molecule has 3 saturated heterocycles. The lowest BCUT2D eigenvalue weighted by atomic mass is 9.91. The quantitative estimate of drug-likeness (QED) is 0.840. The summed E-state index contributed by atoms with van der Waals surface area (Å²) in [7, 11) is 1.70. The summed E-state index contributed by atoms with van der Waals surface area (Å²) in [6.45, 7) is 4.73. The van der Waals surface area contributed by atoms with Crippen molar-refractivity contribution in [3.05, 3.63) is 29.8 Å². The number of likely N-dealkylation sites (tertiary alicyclic amines) is 2. The number of piperidine rings is 1. The van der Waals surface area contributed by atoms with Crippen LogP contribution in [0.5, 0.6) is 5.75 Å². The van der Waals surface area contributed by atoms with E-state index in [0.29, 0.717) is 5.92 Å². The van der Waals surface area contributed by atoms with Crippen LogP contribution in [-0.2, 0) is 16.1 Å². The molecule has 3 atom stereocenters. The average molecular weight is 344 g/mol. The van der Waals surface area contributed by atoms with E-state index in [0.717, 1.165) is 64.2 Å². The fraction of sp³-hybridized carbons (Fsp3) is 0.650. The van der Waals surface area contributed by atoms with Gasteiger partial charge >= 0.3 is 0 Å². The monoisotopic (exact) mass is 344 g/mol. The second kappa shape index (κ2) is 7.34. The van der Waals surface area contributed by atoms with E-state index < -0.39 is 0 Å². The second-order valence-electron chi connectivity index (χ2n) is 7.57. The van der Waals surface area contributed by atoms with Crippen molar-refractivity contribution in [1.82, 2.24) is 9.80 Å². The highest BCUT2D eigenvalue weighted by atomic mass is 16.5. The maximum Gasteiger partial charge on any atom is 0.251 e. The molecule has 1 aromatic carbocycles. The van der Waals surface area contributed by atoms with Crippen LogP contribution in [0.15, 0.2) is 24.3 Å². The number of rotatable bonds is 4. The standard InChI is InChI=1S/C20H28N2O3/c1-24-17-6-4-5-15(11-17)13-21-10-7-16-12-18(25-19(16)14-21)20(23)22-8-2-3-9-22/h4-6,11,16,18-19H,2-3,7-10,12-14H2,1H3/t16-,18-,19+/m1/s1. The maximum absolute atomic E-state index is 12.6. The molecule has 0 bridgehead atoms. The fourth-order valence-corrected chi connectivity index (χ4v) is 4.47. The minimum atomic E-state index is -0.204. The van der Waals surface area contributed by atoms with E-state index in [1.165, 1.54) is 5.56 Å². The molecule has 136 valence electrons. The number of hydrogen-bond acceptors (Lipinski definition) is 4. The maximum atomic E-state index is 12.6. The van der Waals surface area contributed by atoms with Crippen LogP contribution in [0.25, 0.3) is 0 Å². The van der Waals surface area contributed by atoms with E-state index in [-0.39, 0.29) is 18.1 Å². The van der Waals surface area contributed by atoms with Gasteiger partial charge in [0.15, 0.2) is 0 Å². The zero-order valence-electron chi connectivity index (χ0n) is 15.0. The molecule has 1 amide bonds. The molecule has 1 aromatic rings. The number of benzene rings is 1. The van der Waals surface area contributed by atoms with Gasteiger partial charge in [0.05, 0.1) is 13.2 Å². The molecule has 3 heterocycles. The summed E-state index contributed by atoms with van der Waals surface area (Å²) in [5, 5.41) is 0. The first kappa shape index (κ1) is 16.9. The van der Waals surface area contributed by atoms with Crippen LogP contribution >= 0.6 is 0 Å². The molecular formula is C20H28N2O3. The number of ether oxygens (including phenoxy) is 2. The highest BCUT2D eigenvalue weighted by Crippen LogP contribution is 2.35. The van der Waals surface area contributed by atoms with Gasteiger partial charge in [-0.1, -0.05) is 12.1 Å². The summed E-state index contributed by atoms with van der Waals surface area (Å²) < 4.78 is 11.5. The molecule has 5 nitrogen and oxygen atoms in total. The number of methoxy groups -OCH3 is 1. The molecule has 25 heavy (non-hydrogen) atoms. The highest BCUT2D eigenvalue weighted by molar-refractivity contribution is 5.81. The van der Waals surface area contributed by atoms with E-state index >= 15 is 0 Å². The highest BCUT2D eigenvalue weighted by Gasteiger charge is 2.43. The number of amides is 1. The largest absolute Gasteiger partial charge is 0.497 e. The number of carbonyl (C=O) groups is 1. The number of fused-ring (bicyclic) bond motifs is 1. The minimum Gasteiger partial charge on any atom is -0.497 e. The van der Waals surface area contributed by atoms with Crippen molar-refractivity contribution in [2.24, 2.45) is 5.92 Å². The third-order valence-corrected chi connectivity index (χ3v) is 5.87. The van der Waals surface area contributed by atoms with Crippen molar-refractivity contribution in [1.29, 1.82) is 0 Å². The Kier molecular flexibility index (Phi) is 4.95. The molecule has 0 N–H and O–H groups in total. The van der Waals surface area contributed by atoms with Gasteiger partial charge in [-0.05, 0) is 55.8 Å². The van der Waals surface area contributed by atoms with Gasteiger partial charge in [-0.15, -0.1) is 0 Å². The van der Waals surface area contributed by atoms with Gasteiger partial charge in [0.25, 0.3) is 5.91 Å². The van der Waals surface area contributed by atoms with E-state index in [4.69, 9.17) is 9.47 Å². The smallest absolute Gasteiger partial charge is 0.251 e. The van der Waals surface area contributed by atoms with Crippen LogP contribution in [0.3, 0.4) is 0 Å². The van der Waals surface area contributed by atoms with Crippen LogP contribution < -0.4 is 4.74 Å². The lowest BCUT2D eigenvalue weighted by molar-refractivity contribution is -0.142. The summed E-state index contributed by atoms with van der Waals surface area (Å²) in [5.41, 5.74) is 1.26. The Morgan fingerprint density at radius 3 is 2.92 bits per heavy atom. The van der Waals surface area contributed by atoms with Crippen LogP contribution in [-0.4, -0.2) is 61.2 Å². The van der Waals surface area contributed by atoms with Crippen LogP contribution in [0.2, 0.25) is 0 Å². The van der Waals surface area contributed by atoms with Gasteiger partial charge in [0, 0.05) is 26.2 Å². The molecule has 5 heteroatoms. The first-order valence-electron chi connectivity index (χ1n) is 9.52. The summed E-state index contributed by atoms with van der Waals surface area (Å²) in [4.78, 5) is 17.0. The summed E-state index contributed by atoms with van der Waals surface area (Å²) in [6, 6.07) is 8.26. The van der Waals surface area contributed by atoms with Crippen molar-refractivity contribution in [2.45, 2.75) is 44.4 Å². The first-order valence-corrected chi connectivity index (χ1v) is 9.52. The third-order valence-electron chi connectivity index (χ3n) is 5.87. The molecule has 0 aromatic heterocycles. The Morgan fingerprint density at radius 2 is 2.12 bits per heavy atom. The summed E-state index contributed by atoms with van der Waals surface area (Å²) in [5.74, 6) is 1.67. The number of hydrogen-bond donors (Lipinski definition) is 0. The Balaban J connectivity index is 1.34. The molecule has 4 rings (SSSR count). The minimum absolute atomic E-state index is 0.204. The molecular weight excluding hydrogens is 316 g/mol. The fourth-order valence-electron chi connectivity index (χ4n) is 4.47. The van der Waals surface area contributed by atoms with E-state index in [9.17, 15) is 4.79 Å².